The van der Waals surface area contributed by atoms with Gasteiger partial charge in [-0.05, 0) is 19.1 Å². The molecule has 0 aliphatic carbocycles. The highest BCUT2D eigenvalue weighted by Crippen LogP contribution is 2.17. The number of ketones is 1. The fraction of sp³-hybridized carbons (Fsp3) is 0.455. The van der Waals surface area contributed by atoms with Crippen molar-refractivity contribution in [2.75, 3.05) is 14.2 Å². The SMILES string of the molecule is COc1cccnc1C(=O)CC(C)OC. The van der Waals surface area contributed by atoms with Crippen LogP contribution in [0.3, 0.4) is 0 Å². The predicted octanol–water partition coefficient (Wildman–Crippen LogP) is 1.70. The van der Waals surface area contributed by atoms with E-state index in [0.717, 1.165) is 0 Å². The number of rotatable bonds is 5. The van der Waals surface area contributed by atoms with Gasteiger partial charge in [-0.25, -0.2) is 4.98 Å². The van der Waals surface area contributed by atoms with Crippen LogP contribution in [-0.2, 0) is 4.74 Å². The average molecular weight is 209 g/mol. The molecule has 1 unspecified atom stereocenters. The van der Waals surface area contributed by atoms with Crippen LogP contribution >= 0.6 is 0 Å². The zero-order valence-corrected chi connectivity index (χ0v) is 9.19. The molecule has 1 aromatic heterocycles. The number of ether oxygens (including phenoxy) is 2. The number of pyridine rings is 1. The smallest absolute Gasteiger partial charge is 0.187 e. The molecule has 0 saturated carbocycles. The van der Waals surface area contributed by atoms with Gasteiger partial charge >= 0.3 is 0 Å². The Morgan fingerprint density at radius 3 is 2.87 bits per heavy atom. The van der Waals surface area contributed by atoms with Crippen molar-refractivity contribution in [1.29, 1.82) is 0 Å². The topological polar surface area (TPSA) is 48.4 Å². The van der Waals surface area contributed by atoms with Gasteiger partial charge in [-0.1, -0.05) is 0 Å². The van der Waals surface area contributed by atoms with Crippen molar-refractivity contribution >= 4 is 5.78 Å². The van der Waals surface area contributed by atoms with Crippen LogP contribution in [0.15, 0.2) is 18.3 Å². The number of Topliss-reactive ketones (excluding diaryl/α,β-unsaturated/α-hetero) is 1. The Labute approximate surface area is 89.2 Å². The highest BCUT2D eigenvalue weighted by atomic mass is 16.5. The molecule has 0 aliphatic rings. The van der Waals surface area contributed by atoms with Gasteiger partial charge in [-0.3, -0.25) is 4.79 Å². The van der Waals surface area contributed by atoms with E-state index >= 15 is 0 Å². The van der Waals surface area contributed by atoms with Crippen molar-refractivity contribution < 1.29 is 14.3 Å². The summed E-state index contributed by atoms with van der Waals surface area (Å²) in [5.74, 6) is 0.438. The summed E-state index contributed by atoms with van der Waals surface area (Å²) < 4.78 is 10.1. The number of carbonyl (C=O) groups is 1. The van der Waals surface area contributed by atoms with Gasteiger partial charge in [-0.15, -0.1) is 0 Å². The molecule has 4 nitrogen and oxygen atoms in total. The molecule has 82 valence electrons. The molecule has 0 spiro atoms. The lowest BCUT2D eigenvalue weighted by Crippen LogP contribution is -2.14. The monoisotopic (exact) mass is 209 g/mol. The zero-order valence-electron chi connectivity index (χ0n) is 9.19. The van der Waals surface area contributed by atoms with Crippen LogP contribution in [0, 0.1) is 0 Å². The Balaban J connectivity index is 2.81. The Morgan fingerprint density at radius 2 is 2.27 bits per heavy atom. The van der Waals surface area contributed by atoms with Crippen molar-refractivity contribution in [2.45, 2.75) is 19.4 Å². The highest BCUT2D eigenvalue weighted by Gasteiger charge is 2.15. The molecule has 0 bridgehead atoms. The van der Waals surface area contributed by atoms with Gasteiger partial charge in [0.05, 0.1) is 13.2 Å². The van der Waals surface area contributed by atoms with Crippen LogP contribution in [0.4, 0.5) is 0 Å². The molecule has 0 aliphatic heterocycles. The van der Waals surface area contributed by atoms with Crippen LogP contribution in [-0.4, -0.2) is 31.1 Å². The maximum atomic E-state index is 11.8. The maximum absolute atomic E-state index is 11.8. The van der Waals surface area contributed by atoms with E-state index in [1.807, 2.05) is 6.92 Å². The fourth-order valence-electron chi connectivity index (χ4n) is 1.21. The molecule has 15 heavy (non-hydrogen) atoms. The number of aromatic nitrogens is 1. The van der Waals surface area contributed by atoms with E-state index in [-0.39, 0.29) is 11.9 Å². The van der Waals surface area contributed by atoms with Crippen molar-refractivity contribution in [2.24, 2.45) is 0 Å². The Morgan fingerprint density at radius 1 is 1.53 bits per heavy atom. The van der Waals surface area contributed by atoms with Gasteiger partial charge in [0.25, 0.3) is 0 Å². The summed E-state index contributed by atoms with van der Waals surface area (Å²) in [7, 11) is 3.10. The lowest BCUT2D eigenvalue weighted by Gasteiger charge is -2.09. The molecule has 0 radical (unpaired) electrons. The molecule has 1 aromatic rings. The number of hydrogen-bond acceptors (Lipinski definition) is 4. The van der Waals surface area contributed by atoms with Crippen LogP contribution in [0.25, 0.3) is 0 Å². The molecule has 0 aromatic carbocycles. The first-order chi connectivity index (χ1) is 7.19. The first-order valence-corrected chi connectivity index (χ1v) is 4.74. The average Bonchev–Trinajstić information content (AvgIpc) is 2.28. The summed E-state index contributed by atoms with van der Waals surface area (Å²) in [6.07, 6.45) is 1.78. The normalized spacial score (nSPS) is 12.2. The van der Waals surface area contributed by atoms with Crippen LogP contribution in [0.2, 0.25) is 0 Å². The predicted molar refractivity (Wildman–Crippen MR) is 56.2 cm³/mol. The first-order valence-electron chi connectivity index (χ1n) is 4.74. The van der Waals surface area contributed by atoms with Crippen molar-refractivity contribution in [3.05, 3.63) is 24.0 Å². The van der Waals surface area contributed by atoms with E-state index in [1.54, 1.807) is 25.4 Å². The second-order valence-corrected chi connectivity index (χ2v) is 3.23. The minimum atomic E-state index is -0.107. The van der Waals surface area contributed by atoms with E-state index in [4.69, 9.17) is 9.47 Å². The Kier molecular flexibility index (Phi) is 4.24. The minimum Gasteiger partial charge on any atom is -0.494 e. The molecule has 0 N–H and O–H groups in total. The highest BCUT2D eigenvalue weighted by molar-refractivity contribution is 5.96. The van der Waals surface area contributed by atoms with Gasteiger partial charge in [0, 0.05) is 19.7 Å². The maximum Gasteiger partial charge on any atom is 0.187 e. The third kappa shape index (κ3) is 3.02. The van der Waals surface area contributed by atoms with E-state index in [1.165, 1.54) is 7.11 Å². The van der Waals surface area contributed by atoms with E-state index in [0.29, 0.717) is 17.9 Å². The number of hydrogen-bond donors (Lipinski definition) is 0. The molecular weight excluding hydrogens is 194 g/mol. The quantitative estimate of drug-likeness (QED) is 0.692. The molecule has 4 heteroatoms. The Hall–Kier alpha value is -1.42. The van der Waals surface area contributed by atoms with Crippen LogP contribution in [0.5, 0.6) is 5.75 Å². The Bertz CT molecular complexity index is 338. The lowest BCUT2D eigenvalue weighted by atomic mass is 10.1. The minimum absolute atomic E-state index is 0.0678. The van der Waals surface area contributed by atoms with Crippen LogP contribution in [0.1, 0.15) is 23.8 Å². The second-order valence-electron chi connectivity index (χ2n) is 3.23. The standard InChI is InChI=1S/C11H15NO3/c1-8(14-2)7-9(13)11-10(15-3)5-4-6-12-11/h4-6,8H,7H2,1-3H3. The summed E-state index contributed by atoms with van der Waals surface area (Å²) in [5, 5.41) is 0. The van der Waals surface area contributed by atoms with Gasteiger partial charge in [0.2, 0.25) is 0 Å². The number of methoxy groups -OCH3 is 2. The number of carbonyl (C=O) groups excluding carboxylic acids is 1. The van der Waals surface area contributed by atoms with Crippen molar-refractivity contribution in [1.82, 2.24) is 4.98 Å². The third-order valence-electron chi connectivity index (χ3n) is 2.13. The van der Waals surface area contributed by atoms with Gasteiger partial charge < -0.3 is 9.47 Å². The zero-order chi connectivity index (χ0) is 11.3. The molecule has 0 fully saturated rings. The summed E-state index contributed by atoms with van der Waals surface area (Å²) in [5.41, 5.74) is 0.365. The molecule has 0 saturated heterocycles. The summed E-state index contributed by atoms with van der Waals surface area (Å²) in [6.45, 7) is 1.84. The summed E-state index contributed by atoms with van der Waals surface area (Å²) in [4.78, 5) is 15.8. The lowest BCUT2D eigenvalue weighted by molar-refractivity contribution is 0.0785. The van der Waals surface area contributed by atoms with Crippen molar-refractivity contribution in [3.8, 4) is 5.75 Å². The third-order valence-corrected chi connectivity index (χ3v) is 2.13. The molecular formula is C11H15NO3. The van der Waals surface area contributed by atoms with Crippen molar-refractivity contribution in [3.63, 3.8) is 0 Å². The first kappa shape index (κ1) is 11.7. The molecule has 1 atom stereocenters. The van der Waals surface area contributed by atoms with E-state index in [2.05, 4.69) is 4.98 Å². The molecule has 1 heterocycles. The summed E-state index contributed by atoms with van der Waals surface area (Å²) >= 11 is 0. The van der Waals surface area contributed by atoms with Gasteiger partial charge in [0.1, 0.15) is 11.4 Å². The van der Waals surface area contributed by atoms with Crippen LogP contribution < -0.4 is 4.74 Å². The largest absolute Gasteiger partial charge is 0.494 e. The number of nitrogens with zero attached hydrogens (tertiary/aromatic N) is 1. The second kappa shape index (κ2) is 5.46. The van der Waals surface area contributed by atoms with Gasteiger partial charge in [0.15, 0.2) is 5.78 Å². The molecule has 0 amide bonds. The summed E-state index contributed by atoms with van der Waals surface area (Å²) in [6, 6.07) is 3.45. The van der Waals surface area contributed by atoms with E-state index in [9.17, 15) is 4.79 Å². The molecule has 1 rings (SSSR count). The fourth-order valence-corrected chi connectivity index (χ4v) is 1.21. The van der Waals surface area contributed by atoms with Gasteiger partial charge in [-0.2, -0.15) is 0 Å². The van der Waals surface area contributed by atoms with E-state index < -0.39 is 0 Å².